The zero-order valence-electron chi connectivity index (χ0n) is 5.97. The van der Waals surface area contributed by atoms with Crippen molar-refractivity contribution in [2.45, 2.75) is 26.7 Å². The Morgan fingerprint density at radius 1 is 1.56 bits per heavy atom. The van der Waals surface area contributed by atoms with E-state index in [2.05, 4.69) is 29.0 Å². The van der Waals surface area contributed by atoms with Crippen LogP contribution >= 0.6 is 0 Å². The molecule has 9 heavy (non-hydrogen) atoms. The molecule has 1 heterocycles. The van der Waals surface area contributed by atoms with Crippen LogP contribution in [0.1, 0.15) is 32.8 Å². The molecule has 0 spiro atoms. The Bertz CT molecular complexity index is 195. The third-order valence-corrected chi connectivity index (χ3v) is 1.13. The molecule has 0 aromatic carbocycles. The van der Waals surface area contributed by atoms with E-state index in [1.54, 1.807) is 0 Å². The summed E-state index contributed by atoms with van der Waals surface area (Å²) in [4.78, 5) is 4.14. The molecule has 0 aliphatic heterocycles. The first-order chi connectivity index (χ1) is 4.20. The summed E-state index contributed by atoms with van der Waals surface area (Å²) in [7, 11) is 0. The fourth-order valence-electron chi connectivity index (χ4n) is 0.618. The van der Waals surface area contributed by atoms with E-state index < -0.39 is 0 Å². The summed E-state index contributed by atoms with van der Waals surface area (Å²) in [6.45, 7) is 6.05. The minimum absolute atomic E-state index is 0. The molecule has 0 unspecified atom stereocenters. The Morgan fingerprint density at radius 3 is 2.44 bits per heavy atom. The second-order valence-electron chi connectivity index (χ2n) is 2.43. The molecule has 0 saturated heterocycles. The topological polar surface area (TPSA) is 41.6 Å². The first kappa shape index (κ1) is 6.26. The van der Waals surface area contributed by atoms with Crippen LogP contribution in [0, 0.1) is 6.92 Å². The second kappa shape index (κ2) is 2.17. The quantitative estimate of drug-likeness (QED) is 0.620. The van der Waals surface area contributed by atoms with Crippen LogP contribution in [0.15, 0.2) is 0 Å². The van der Waals surface area contributed by atoms with Gasteiger partial charge in [0.15, 0.2) is 5.82 Å². The Kier molecular flexibility index (Phi) is 1.51. The zero-order valence-corrected chi connectivity index (χ0v) is 5.97. The predicted octanol–water partition coefficient (Wildman–Crippen LogP) is 1.48. The van der Waals surface area contributed by atoms with Crippen molar-refractivity contribution in [2.24, 2.45) is 0 Å². The van der Waals surface area contributed by atoms with Gasteiger partial charge in [0.1, 0.15) is 5.82 Å². The van der Waals surface area contributed by atoms with E-state index in [0.717, 1.165) is 11.6 Å². The maximum atomic E-state index is 4.14. The minimum atomic E-state index is 0. The lowest BCUT2D eigenvalue weighted by molar-refractivity contribution is 0.780. The molecule has 1 aromatic heterocycles. The van der Waals surface area contributed by atoms with Crippen molar-refractivity contribution >= 4 is 0 Å². The molecular weight excluding hydrogens is 114 g/mol. The van der Waals surface area contributed by atoms with Crippen molar-refractivity contribution in [3.63, 3.8) is 0 Å². The maximum Gasteiger partial charge on any atom is 0.153 e. The van der Waals surface area contributed by atoms with E-state index in [4.69, 9.17) is 0 Å². The van der Waals surface area contributed by atoms with Gasteiger partial charge in [-0.05, 0) is 6.92 Å². The normalized spacial score (nSPS) is 10.7. The number of nitrogens with zero attached hydrogens (tertiary/aromatic N) is 2. The first-order valence-corrected chi connectivity index (χ1v) is 3.09. The van der Waals surface area contributed by atoms with Crippen LogP contribution in [0.4, 0.5) is 0 Å². The highest BCUT2D eigenvalue weighted by atomic mass is 15.2. The Hall–Kier alpha value is -0.860. The number of rotatable bonds is 1. The fraction of sp³-hybridized carbons (Fsp3) is 0.667. The van der Waals surface area contributed by atoms with Gasteiger partial charge in [0.05, 0.1) is 0 Å². The molecule has 0 atom stereocenters. The minimum Gasteiger partial charge on any atom is -0.263 e. The zero-order chi connectivity index (χ0) is 6.85. The van der Waals surface area contributed by atoms with Gasteiger partial charge in [0, 0.05) is 7.34 Å². The highest BCUT2D eigenvalue weighted by Crippen LogP contribution is 2.06. The smallest absolute Gasteiger partial charge is 0.153 e. The molecule has 3 nitrogen and oxygen atoms in total. The molecule has 0 amide bonds. The molecular formula is C6H13N3. The number of hydrogen-bond donors (Lipinski definition) is 1. The number of aromatic amines is 1. The molecule has 0 aliphatic carbocycles. The van der Waals surface area contributed by atoms with Gasteiger partial charge in [-0.15, -0.1) is 0 Å². The molecule has 0 radical (unpaired) electrons. The number of H-pyrrole nitrogens is 1. The van der Waals surface area contributed by atoms with Crippen LogP contribution in [-0.2, 0) is 0 Å². The van der Waals surface area contributed by atoms with Crippen molar-refractivity contribution in [2.75, 3.05) is 0 Å². The lowest BCUT2D eigenvalue weighted by Gasteiger charge is -1.92. The number of hydrogen-bond acceptors (Lipinski definition) is 2. The number of aryl methyl sites for hydroxylation is 1. The van der Waals surface area contributed by atoms with Crippen LogP contribution in [0.3, 0.4) is 0 Å². The second-order valence-corrected chi connectivity index (χ2v) is 2.43. The van der Waals surface area contributed by atoms with E-state index >= 15 is 0 Å². The maximum absolute atomic E-state index is 4.14. The highest BCUT2D eigenvalue weighted by Gasteiger charge is 2.02. The molecule has 1 rings (SSSR count). The summed E-state index contributed by atoms with van der Waals surface area (Å²) in [6.07, 6.45) is 0. The standard InChI is InChI=1S/C6H11N3.H2/c1-4(2)6-7-5(3)8-9-6;/h4H,1-3H3,(H,7,8,9);1H. The first-order valence-electron chi connectivity index (χ1n) is 3.09. The molecule has 0 aliphatic rings. The van der Waals surface area contributed by atoms with E-state index in [1.165, 1.54) is 0 Å². The summed E-state index contributed by atoms with van der Waals surface area (Å²) >= 11 is 0. The van der Waals surface area contributed by atoms with Crippen molar-refractivity contribution in [1.29, 1.82) is 0 Å². The van der Waals surface area contributed by atoms with Gasteiger partial charge in [-0.3, -0.25) is 5.10 Å². The van der Waals surface area contributed by atoms with E-state index in [0.29, 0.717) is 5.92 Å². The molecule has 1 N–H and O–H groups in total. The Balaban J connectivity index is 0.000000810. The van der Waals surface area contributed by atoms with Gasteiger partial charge in [0.2, 0.25) is 0 Å². The third-order valence-electron chi connectivity index (χ3n) is 1.13. The fourth-order valence-corrected chi connectivity index (χ4v) is 0.618. The van der Waals surface area contributed by atoms with Crippen LogP contribution in [-0.4, -0.2) is 15.2 Å². The third kappa shape index (κ3) is 1.28. The summed E-state index contributed by atoms with van der Waals surface area (Å²) in [5, 5.41) is 6.77. The van der Waals surface area contributed by atoms with E-state index in [-0.39, 0.29) is 1.43 Å². The van der Waals surface area contributed by atoms with Crippen LogP contribution in [0.2, 0.25) is 0 Å². The summed E-state index contributed by atoms with van der Waals surface area (Å²) in [5.41, 5.74) is 0. The van der Waals surface area contributed by atoms with Gasteiger partial charge < -0.3 is 0 Å². The average Bonchev–Trinajstić information content (AvgIpc) is 2.14. The lowest BCUT2D eigenvalue weighted by atomic mass is 10.2. The monoisotopic (exact) mass is 127 g/mol. The van der Waals surface area contributed by atoms with Crippen LogP contribution < -0.4 is 0 Å². The largest absolute Gasteiger partial charge is 0.263 e. The summed E-state index contributed by atoms with van der Waals surface area (Å²) in [5.74, 6) is 2.21. The van der Waals surface area contributed by atoms with Crippen LogP contribution in [0.25, 0.3) is 0 Å². The van der Waals surface area contributed by atoms with Gasteiger partial charge in [-0.25, -0.2) is 4.98 Å². The summed E-state index contributed by atoms with van der Waals surface area (Å²) in [6, 6.07) is 0. The predicted molar refractivity (Wildman–Crippen MR) is 37.3 cm³/mol. The van der Waals surface area contributed by atoms with Gasteiger partial charge in [-0.1, -0.05) is 13.8 Å². The number of aromatic nitrogens is 3. The molecule has 3 heteroatoms. The van der Waals surface area contributed by atoms with Gasteiger partial charge in [0.25, 0.3) is 0 Å². The van der Waals surface area contributed by atoms with E-state index in [1.807, 2.05) is 6.92 Å². The Labute approximate surface area is 56.0 Å². The van der Waals surface area contributed by atoms with Crippen molar-refractivity contribution in [3.05, 3.63) is 11.6 Å². The Morgan fingerprint density at radius 2 is 2.22 bits per heavy atom. The van der Waals surface area contributed by atoms with Gasteiger partial charge >= 0.3 is 0 Å². The lowest BCUT2D eigenvalue weighted by Crippen LogP contribution is -1.89. The number of nitrogens with one attached hydrogen (secondary N) is 1. The van der Waals surface area contributed by atoms with Crippen LogP contribution in [0.5, 0.6) is 0 Å². The van der Waals surface area contributed by atoms with Gasteiger partial charge in [-0.2, -0.15) is 5.10 Å². The molecule has 0 fully saturated rings. The van der Waals surface area contributed by atoms with E-state index in [9.17, 15) is 0 Å². The molecule has 0 saturated carbocycles. The average molecular weight is 127 g/mol. The van der Waals surface area contributed by atoms with Crippen molar-refractivity contribution in [3.8, 4) is 0 Å². The molecule has 1 aromatic rings. The molecule has 0 bridgehead atoms. The highest BCUT2D eigenvalue weighted by molar-refractivity contribution is 4.92. The van der Waals surface area contributed by atoms with Crippen molar-refractivity contribution < 1.29 is 1.43 Å². The summed E-state index contributed by atoms with van der Waals surface area (Å²) < 4.78 is 0. The SMILES string of the molecule is Cc1nc(C(C)C)n[nH]1.[HH]. The van der Waals surface area contributed by atoms with Crippen molar-refractivity contribution in [1.82, 2.24) is 15.2 Å². The molecule has 52 valence electrons.